The number of hydrogen-bond acceptors (Lipinski definition) is 5. The molecule has 0 unspecified atom stereocenters. The van der Waals surface area contributed by atoms with E-state index in [4.69, 9.17) is 15.2 Å². The van der Waals surface area contributed by atoms with Gasteiger partial charge in [0.1, 0.15) is 17.1 Å². The van der Waals surface area contributed by atoms with Gasteiger partial charge >= 0.3 is 0 Å². The Morgan fingerprint density at radius 1 is 1.14 bits per heavy atom. The van der Waals surface area contributed by atoms with Crippen molar-refractivity contribution in [2.75, 3.05) is 12.8 Å². The van der Waals surface area contributed by atoms with Crippen LogP contribution in [-0.4, -0.2) is 17.7 Å². The molecule has 1 aliphatic rings. The molecule has 0 amide bonds. The lowest BCUT2D eigenvalue weighted by Crippen LogP contribution is -2.28. The third kappa shape index (κ3) is 3.27. The summed E-state index contributed by atoms with van der Waals surface area (Å²) < 4.78 is 11.9. The average Bonchev–Trinajstić information content (AvgIpc) is 3.07. The van der Waals surface area contributed by atoms with E-state index in [-0.39, 0.29) is 0 Å². The van der Waals surface area contributed by atoms with E-state index in [0.29, 0.717) is 5.13 Å². The van der Waals surface area contributed by atoms with Crippen molar-refractivity contribution in [1.29, 1.82) is 0 Å². The first-order chi connectivity index (χ1) is 13.4. The smallest absolute Gasteiger partial charge is 0.181 e. The Kier molecular flexibility index (Phi) is 4.63. The standard InChI is InChI=1S/C23H24N2O2S/c1-5-14-6-8-15(9-7-14)21-19(25-22(24)28-21)17-10-11-18(26-4)16-12-13-23(2,3)27-20(16)17/h6-13H,5H2,1-4H3,(H2,24,25). The molecule has 4 nitrogen and oxygen atoms in total. The van der Waals surface area contributed by atoms with Crippen molar-refractivity contribution in [3.05, 3.63) is 53.6 Å². The van der Waals surface area contributed by atoms with Crippen LogP contribution in [0.15, 0.2) is 42.5 Å². The summed E-state index contributed by atoms with van der Waals surface area (Å²) in [5, 5.41) is 0.541. The van der Waals surface area contributed by atoms with E-state index in [1.54, 1.807) is 7.11 Å². The highest BCUT2D eigenvalue weighted by Crippen LogP contribution is 2.47. The first-order valence-corrected chi connectivity index (χ1v) is 10.2. The van der Waals surface area contributed by atoms with Crippen LogP contribution in [0, 0.1) is 0 Å². The number of fused-ring (bicyclic) bond motifs is 1. The second kappa shape index (κ2) is 6.99. The maximum Gasteiger partial charge on any atom is 0.181 e. The fourth-order valence-corrected chi connectivity index (χ4v) is 4.25. The third-order valence-corrected chi connectivity index (χ3v) is 5.85. The van der Waals surface area contributed by atoms with Gasteiger partial charge < -0.3 is 15.2 Å². The number of aromatic nitrogens is 1. The Bertz CT molecular complexity index is 1050. The number of anilines is 1. The first kappa shape index (κ1) is 18.6. The summed E-state index contributed by atoms with van der Waals surface area (Å²) in [4.78, 5) is 5.71. The molecule has 28 heavy (non-hydrogen) atoms. The number of nitrogens with two attached hydrogens (primary N) is 1. The summed E-state index contributed by atoms with van der Waals surface area (Å²) in [5.74, 6) is 1.56. The average molecular weight is 393 g/mol. The largest absolute Gasteiger partial charge is 0.496 e. The number of thiazole rings is 1. The maximum absolute atomic E-state index is 6.34. The van der Waals surface area contributed by atoms with Crippen molar-refractivity contribution in [3.63, 3.8) is 0 Å². The second-order valence-corrected chi connectivity index (χ2v) is 8.41. The predicted octanol–water partition coefficient (Wildman–Crippen LogP) is 5.81. The van der Waals surface area contributed by atoms with E-state index in [1.165, 1.54) is 16.9 Å². The molecule has 0 saturated heterocycles. The van der Waals surface area contributed by atoms with E-state index >= 15 is 0 Å². The van der Waals surface area contributed by atoms with Gasteiger partial charge in [-0.25, -0.2) is 4.98 Å². The normalized spacial score (nSPS) is 14.4. The molecule has 0 spiro atoms. The minimum Gasteiger partial charge on any atom is -0.496 e. The van der Waals surface area contributed by atoms with E-state index in [2.05, 4.69) is 42.2 Å². The number of rotatable bonds is 4. The fraction of sp³-hybridized carbons (Fsp3) is 0.261. The summed E-state index contributed by atoms with van der Waals surface area (Å²) in [6.45, 7) is 6.23. The van der Waals surface area contributed by atoms with Gasteiger partial charge in [-0.2, -0.15) is 0 Å². The Balaban J connectivity index is 1.90. The lowest BCUT2D eigenvalue weighted by molar-refractivity contribution is 0.159. The number of methoxy groups -OCH3 is 1. The molecule has 1 aliphatic heterocycles. The first-order valence-electron chi connectivity index (χ1n) is 9.37. The molecule has 0 bridgehead atoms. The van der Waals surface area contributed by atoms with Crippen molar-refractivity contribution in [2.45, 2.75) is 32.8 Å². The number of nitrogens with zero attached hydrogens (tertiary/aromatic N) is 1. The molecule has 0 atom stereocenters. The number of aryl methyl sites for hydroxylation is 1. The van der Waals surface area contributed by atoms with Crippen LogP contribution in [-0.2, 0) is 6.42 Å². The minimum absolute atomic E-state index is 0.404. The van der Waals surface area contributed by atoms with Crippen LogP contribution in [0.25, 0.3) is 27.8 Å². The Labute approximate surface area is 169 Å². The molecule has 0 aliphatic carbocycles. The molecule has 4 rings (SSSR count). The molecule has 2 N–H and O–H groups in total. The van der Waals surface area contributed by atoms with Gasteiger partial charge in [0.25, 0.3) is 0 Å². The molecule has 2 heterocycles. The summed E-state index contributed by atoms with van der Waals surface area (Å²) in [7, 11) is 1.67. The van der Waals surface area contributed by atoms with Gasteiger partial charge in [-0.1, -0.05) is 42.5 Å². The predicted molar refractivity (Wildman–Crippen MR) is 117 cm³/mol. The van der Waals surface area contributed by atoms with E-state index in [1.807, 2.05) is 32.1 Å². The zero-order valence-electron chi connectivity index (χ0n) is 16.6. The van der Waals surface area contributed by atoms with Gasteiger partial charge in [-0.05, 0) is 55.7 Å². The van der Waals surface area contributed by atoms with Gasteiger partial charge in [-0.3, -0.25) is 0 Å². The number of ether oxygens (including phenoxy) is 2. The zero-order chi connectivity index (χ0) is 19.9. The molecule has 3 aromatic rings. The highest BCUT2D eigenvalue weighted by molar-refractivity contribution is 7.19. The molecule has 0 fully saturated rings. The Morgan fingerprint density at radius 3 is 2.57 bits per heavy atom. The van der Waals surface area contributed by atoms with Crippen molar-refractivity contribution >= 4 is 22.5 Å². The van der Waals surface area contributed by atoms with Crippen molar-refractivity contribution in [2.24, 2.45) is 0 Å². The third-order valence-electron chi connectivity index (χ3n) is 4.92. The van der Waals surface area contributed by atoms with Gasteiger partial charge in [0.05, 0.1) is 23.2 Å². The quantitative estimate of drug-likeness (QED) is 0.608. The van der Waals surface area contributed by atoms with Crippen molar-refractivity contribution in [1.82, 2.24) is 4.98 Å². The molecule has 0 saturated carbocycles. The zero-order valence-corrected chi connectivity index (χ0v) is 17.4. The lowest BCUT2D eigenvalue weighted by atomic mass is 9.96. The minimum atomic E-state index is -0.404. The van der Waals surface area contributed by atoms with Crippen LogP contribution in [0.4, 0.5) is 5.13 Å². The van der Waals surface area contributed by atoms with Crippen LogP contribution >= 0.6 is 11.3 Å². The highest BCUT2D eigenvalue weighted by atomic mass is 32.1. The summed E-state index contributed by atoms with van der Waals surface area (Å²) in [6, 6.07) is 12.5. The summed E-state index contributed by atoms with van der Waals surface area (Å²) in [5.41, 5.74) is 10.8. The number of benzene rings is 2. The van der Waals surface area contributed by atoms with Crippen molar-refractivity contribution < 1.29 is 9.47 Å². The number of nitrogen functional groups attached to an aromatic ring is 1. The van der Waals surface area contributed by atoms with Gasteiger partial charge in [0.2, 0.25) is 0 Å². The molecule has 0 radical (unpaired) electrons. The van der Waals surface area contributed by atoms with Crippen molar-refractivity contribution in [3.8, 4) is 33.2 Å². The van der Waals surface area contributed by atoms with Gasteiger partial charge in [0, 0.05) is 5.56 Å². The molecule has 144 valence electrons. The maximum atomic E-state index is 6.34. The fourth-order valence-electron chi connectivity index (χ4n) is 3.40. The van der Waals surface area contributed by atoms with Crippen LogP contribution < -0.4 is 15.2 Å². The molecule has 5 heteroatoms. The summed E-state index contributed by atoms with van der Waals surface area (Å²) >= 11 is 1.50. The lowest BCUT2D eigenvalue weighted by Gasteiger charge is -2.30. The number of hydrogen-bond donors (Lipinski definition) is 1. The van der Waals surface area contributed by atoms with E-state index < -0.39 is 5.60 Å². The second-order valence-electron chi connectivity index (χ2n) is 7.38. The van der Waals surface area contributed by atoms with Gasteiger partial charge in [-0.15, -0.1) is 0 Å². The monoisotopic (exact) mass is 392 g/mol. The Morgan fingerprint density at radius 2 is 1.89 bits per heavy atom. The molecule has 2 aromatic carbocycles. The SMILES string of the molecule is CCc1ccc(-c2sc(N)nc2-c2ccc(OC)c3c2OC(C)(C)C=C3)cc1. The van der Waals surface area contributed by atoms with Crippen LogP contribution in [0.1, 0.15) is 31.9 Å². The van der Waals surface area contributed by atoms with E-state index in [9.17, 15) is 0 Å². The topological polar surface area (TPSA) is 57.4 Å². The summed E-state index contributed by atoms with van der Waals surface area (Å²) in [6.07, 6.45) is 5.12. The molecular weight excluding hydrogens is 368 g/mol. The van der Waals surface area contributed by atoms with Crippen LogP contribution in [0.5, 0.6) is 11.5 Å². The molecular formula is C23H24N2O2S. The van der Waals surface area contributed by atoms with Crippen LogP contribution in [0.3, 0.4) is 0 Å². The van der Waals surface area contributed by atoms with Crippen LogP contribution in [0.2, 0.25) is 0 Å². The molecule has 1 aromatic heterocycles. The van der Waals surface area contributed by atoms with Gasteiger partial charge in [0.15, 0.2) is 5.13 Å². The Hall–Kier alpha value is -2.79. The van der Waals surface area contributed by atoms with E-state index in [0.717, 1.165) is 45.2 Å². The highest BCUT2D eigenvalue weighted by Gasteiger charge is 2.28.